The normalized spacial score (nSPS) is 9.82. The summed E-state index contributed by atoms with van der Waals surface area (Å²) in [5.74, 6) is -0.491. The van der Waals surface area contributed by atoms with Crippen LogP contribution in [-0.2, 0) is 0 Å². The second-order valence-electron chi connectivity index (χ2n) is 4.62. The Bertz CT molecular complexity index is 693. The second kappa shape index (κ2) is 7.08. The number of nitrogens with two attached hydrogens (primary N) is 1. The predicted octanol–water partition coefficient (Wildman–Crippen LogP) is 2.44. The number of nitrogens with one attached hydrogen (secondary N) is 2. The minimum absolute atomic E-state index is 0.209. The molecule has 2 aromatic rings. The van der Waals surface area contributed by atoms with Gasteiger partial charge in [0.05, 0.1) is 11.4 Å². The van der Waals surface area contributed by atoms with Crippen molar-refractivity contribution in [1.29, 1.82) is 0 Å². The van der Waals surface area contributed by atoms with Crippen molar-refractivity contribution in [3.63, 3.8) is 0 Å². The van der Waals surface area contributed by atoms with E-state index in [0.29, 0.717) is 29.0 Å². The summed E-state index contributed by atoms with van der Waals surface area (Å²) >= 11 is 0. The molecule has 0 heterocycles. The summed E-state index contributed by atoms with van der Waals surface area (Å²) in [6.45, 7) is 3.93. The van der Waals surface area contributed by atoms with Crippen molar-refractivity contribution in [2.75, 3.05) is 17.6 Å². The molecule has 0 unspecified atom stereocenters. The summed E-state index contributed by atoms with van der Waals surface area (Å²) in [6.07, 6.45) is 1.60. The maximum absolute atomic E-state index is 12.1. The van der Waals surface area contributed by atoms with Crippen molar-refractivity contribution in [3.05, 3.63) is 72.3 Å². The second-order valence-corrected chi connectivity index (χ2v) is 4.62. The van der Waals surface area contributed by atoms with Crippen LogP contribution in [0.5, 0.6) is 0 Å². The van der Waals surface area contributed by atoms with Crippen LogP contribution in [0.1, 0.15) is 20.7 Å². The van der Waals surface area contributed by atoms with Crippen molar-refractivity contribution in [2.45, 2.75) is 0 Å². The van der Waals surface area contributed by atoms with E-state index in [1.807, 2.05) is 0 Å². The molecule has 0 saturated heterocycles. The van der Waals surface area contributed by atoms with E-state index in [4.69, 9.17) is 5.73 Å². The van der Waals surface area contributed by atoms with Gasteiger partial charge in [-0.1, -0.05) is 18.2 Å². The summed E-state index contributed by atoms with van der Waals surface area (Å²) < 4.78 is 0. The van der Waals surface area contributed by atoms with Gasteiger partial charge in [-0.15, -0.1) is 6.58 Å². The van der Waals surface area contributed by atoms with E-state index in [1.165, 1.54) is 0 Å². The summed E-state index contributed by atoms with van der Waals surface area (Å²) in [6, 6.07) is 13.4. The molecule has 5 nitrogen and oxygen atoms in total. The summed E-state index contributed by atoms with van der Waals surface area (Å²) in [7, 11) is 0. The van der Waals surface area contributed by atoms with Crippen molar-refractivity contribution >= 4 is 23.2 Å². The summed E-state index contributed by atoms with van der Waals surface area (Å²) in [5, 5.41) is 5.40. The molecule has 0 bridgehead atoms. The van der Waals surface area contributed by atoms with Crippen LogP contribution in [0.15, 0.2) is 61.2 Å². The molecule has 0 saturated carbocycles. The molecule has 2 aromatic carbocycles. The highest BCUT2D eigenvalue weighted by Crippen LogP contribution is 2.18. The highest BCUT2D eigenvalue weighted by atomic mass is 16.2. The van der Waals surface area contributed by atoms with Crippen LogP contribution >= 0.6 is 0 Å². The lowest BCUT2D eigenvalue weighted by atomic mass is 10.1. The van der Waals surface area contributed by atoms with Crippen LogP contribution in [0.2, 0.25) is 0 Å². The maximum Gasteiger partial charge on any atom is 0.255 e. The third kappa shape index (κ3) is 3.73. The van der Waals surface area contributed by atoms with E-state index in [1.54, 1.807) is 54.6 Å². The zero-order chi connectivity index (χ0) is 15.9. The fourth-order valence-corrected chi connectivity index (χ4v) is 1.85. The molecule has 0 atom stereocenters. The van der Waals surface area contributed by atoms with Crippen LogP contribution in [0.25, 0.3) is 0 Å². The third-order valence-electron chi connectivity index (χ3n) is 3.03. The van der Waals surface area contributed by atoms with Crippen molar-refractivity contribution < 1.29 is 9.59 Å². The molecule has 0 spiro atoms. The molecular weight excluding hydrogens is 278 g/mol. The average Bonchev–Trinajstić information content (AvgIpc) is 2.55. The Labute approximate surface area is 128 Å². The van der Waals surface area contributed by atoms with E-state index in [9.17, 15) is 9.59 Å². The molecule has 112 valence electrons. The monoisotopic (exact) mass is 295 g/mol. The topological polar surface area (TPSA) is 84.2 Å². The Morgan fingerprint density at radius 3 is 2.18 bits per heavy atom. The van der Waals surface area contributed by atoms with Gasteiger partial charge < -0.3 is 16.4 Å². The molecule has 22 heavy (non-hydrogen) atoms. The predicted molar refractivity (Wildman–Crippen MR) is 87.8 cm³/mol. The minimum atomic E-state index is -0.282. The molecule has 2 rings (SSSR count). The molecule has 0 aromatic heterocycles. The first-order valence-corrected chi connectivity index (χ1v) is 6.77. The standard InChI is InChI=1S/C17H17N3O2/c1-2-11-19-16(21)12-7-9-13(10-8-12)17(22)20-15-6-4-3-5-14(15)18/h2-10H,1,11,18H2,(H,19,21)(H,20,22). The zero-order valence-corrected chi connectivity index (χ0v) is 12.0. The van der Waals surface area contributed by atoms with Crippen molar-refractivity contribution in [3.8, 4) is 0 Å². The van der Waals surface area contributed by atoms with Crippen LogP contribution in [0.4, 0.5) is 11.4 Å². The van der Waals surface area contributed by atoms with Crippen molar-refractivity contribution in [2.24, 2.45) is 0 Å². The fourth-order valence-electron chi connectivity index (χ4n) is 1.85. The first-order valence-electron chi connectivity index (χ1n) is 6.77. The van der Waals surface area contributed by atoms with Gasteiger partial charge in [-0.25, -0.2) is 0 Å². The first kappa shape index (κ1) is 15.3. The zero-order valence-electron chi connectivity index (χ0n) is 12.0. The number of amides is 2. The molecular formula is C17H17N3O2. The van der Waals surface area contributed by atoms with E-state index < -0.39 is 0 Å². The number of para-hydroxylation sites is 2. The number of hydrogen-bond donors (Lipinski definition) is 3. The van der Waals surface area contributed by atoms with E-state index in [2.05, 4.69) is 17.2 Å². The Kier molecular flexibility index (Phi) is 4.93. The van der Waals surface area contributed by atoms with Gasteiger partial charge in [0.2, 0.25) is 0 Å². The fraction of sp³-hybridized carbons (Fsp3) is 0.0588. The van der Waals surface area contributed by atoms with E-state index in [0.717, 1.165) is 0 Å². The number of benzene rings is 2. The van der Waals surface area contributed by atoms with E-state index in [-0.39, 0.29) is 11.8 Å². The maximum atomic E-state index is 12.1. The number of hydrogen-bond acceptors (Lipinski definition) is 3. The van der Waals surface area contributed by atoms with Gasteiger partial charge in [-0.2, -0.15) is 0 Å². The average molecular weight is 295 g/mol. The molecule has 0 radical (unpaired) electrons. The van der Waals surface area contributed by atoms with Gasteiger partial charge in [0.15, 0.2) is 0 Å². The van der Waals surface area contributed by atoms with Crippen LogP contribution < -0.4 is 16.4 Å². The molecule has 5 heteroatoms. The SMILES string of the molecule is C=CCNC(=O)c1ccc(C(=O)Nc2ccccc2N)cc1. The highest BCUT2D eigenvalue weighted by Gasteiger charge is 2.09. The number of anilines is 2. The van der Waals surface area contributed by atoms with Gasteiger partial charge in [-0.3, -0.25) is 9.59 Å². The summed E-state index contributed by atoms with van der Waals surface area (Å²) in [4.78, 5) is 23.9. The Balaban J connectivity index is 2.07. The van der Waals surface area contributed by atoms with Gasteiger partial charge >= 0.3 is 0 Å². The van der Waals surface area contributed by atoms with Gasteiger partial charge in [0.25, 0.3) is 11.8 Å². The Morgan fingerprint density at radius 2 is 1.59 bits per heavy atom. The van der Waals surface area contributed by atoms with Crippen LogP contribution in [-0.4, -0.2) is 18.4 Å². The van der Waals surface area contributed by atoms with Crippen molar-refractivity contribution in [1.82, 2.24) is 5.32 Å². The lowest BCUT2D eigenvalue weighted by molar-refractivity contribution is 0.0956. The van der Waals surface area contributed by atoms with Gasteiger partial charge in [0, 0.05) is 17.7 Å². The number of carbonyl (C=O) groups excluding carboxylic acids is 2. The van der Waals surface area contributed by atoms with Gasteiger partial charge in [0.1, 0.15) is 0 Å². The number of nitrogen functional groups attached to an aromatic ring is 1. The number of rotatable bonds is 5. The van der Waals surface area contributed by atoms with Gasteiger partial charge in [-0.05, 0) is 36.4 Å². The molecule has 2 amide bonds. The molecule has 0 fully saturated rings. The largest absolute Gasteiger partial charge is 0.397 e. The molecule has 0 aliphatic carbocycles. The van der Waals surface area contributed by atoms with E-state index >= 15 is 0 Å². The molecule has 0 aliphatic heterocycles. The van der Waals surface area contributed by atoms with Crippen LogP contribution in [0, 0.1) is 0 Å². The lowest BCUT2D eigenvalue weighted by Crippen LogP contribution is -2.23. The molecule has 0 aliphatic rings. The number of carbonyl (C=O) groups is 2. The quantitative estimate of drug-likeness (QED) is 0.585. The minimum Gasteiger partial charge on any atom is -0.397 e. The molecule has 4 N–H and O–H groups in total. The highest BCUT2D eigenvalue weighted by molar-refractivity contribution is 6.06. The Morgan fingerprint density at radius 1 is 1.00 bits per heavy atom. The third-order valence-corrected chi connectivity index (χ3v) is 3.03. The smallest absolute Gasteiger partial charge is 0.255 e. The summed E-state index contributed by atoms with van der Waals surface area (Å²) in [5.41, 5.74) is 7.77. The van der Waals surface area contributed by atoms with Crippen LogP contribution in [0.3, 0.4) is 0 Å². The lowest BCUT2D eigenvalue weighted by Gasteiger charge is -2.08. The first-order chi connectivity index (χ1) is 10.6. The Hall–Kier alpha value is -3.08.